The summed E-state index contributed by atoms with van der Waals surface area (Å²) in [6.07, 6.45) is 0.763. The zero-order chi connectivity index (χ0) is 14.1. The minimum absolute atomic E-state index is 0.295. The van der Waals surface area contributed by atoms with E-state index in [0.29, 0.717) is 11.8 Å². The van der Waals surface area contributed by atoms with E-state index in [1.807, 2.05) is 12.1 Å². The topological polar surface area (TPSA) is 60.0 Å². The van der Waals surface area contributed by atoms with Crippen LogP contribution in [-0.4, -0.2) is 18.7 Å². The highest BCUT2D eigenvalue weighted by Crippen LogP contribution is 2.24. The lowest BCUT2D eigenvalue weighted by molar-refractivity contribution is 0.415. The zero-order valence-corrected chi connectivity index (χ0v) is 11.6. The van der Waals surface area contributed by atoms with Crippen LogP contribution < -0.4 is 10.5 Å². The van der Waals surface area contributed by atoms with Crippen LogP contribution >= 0.6 is 0 Å². The number of rotatable bonds is 2. The lowest BCUT2D eigenvalue weighted by Gasteiger charge is -2.17. The highest BCUT2D eigenvalue weighted by atomic mass is 16.5. The molecule has 3 rings (SSSR count). The molecule has 102 valence electrons. The van der Waals surface area contributed by atoms with Crippen molar-refractivity contribution in [3.63, 3.8) is 0 Å². The number of benzene rings is 2. The van der Waals surface area contributed by atoms with E-state index in [2.05, 4.69) is 41.4 Å². The molecule has 1 aliphatic heterocycles. The molecule has 0 aromatic heterocycles. The van der Waals surface area contributed by atoms with Gasteiger partial charge < -0.3 is 10.5 Å². The second kappa shape index (κ2) is 4.96. The molecule has 20 heavy (non-hydrogen) atoms. The van der Waals surface area contributed by atoms with Crippen molar-refractivity contribution in [2.24, 2.45) is 21.9 Å². The third kappa shape index (κ3) is 2.25. The molecule has 1 atom stereocenters. The van der Waals surface area contributed by atoms with Crippen molar-refractivity contribution in [1.82, 2.24) is 0 Å². The zero-order valence-electron chi connectivity index (χ0n) is 11.6. The van der Waals surface area contributed by atoms with E-state index in [1.165, 1.54) is 5.39 Å². The van der Waals surface area contributed by atoms with Gasteiger partial charge in [0.1, 0.15) is 11.6 Å². The van der Waals surface area contributed by atoms with Crippen LogP contribution in [0.2, 0.25) is 0 Å². The molecule has 4 nitrogen and oxygen atoms in total. The van der Waals surface area contributed by atoms with Crippen LogP contribution in [0.5, 0.6) is 5.75 Å². The van der Waals surface area contributed by atoms with Gasteiger partial charge in [-0.3, -0.25) is 0 Å². The lowest BCUT2D eigenvalue weighted by Crippen LogP contribution is -2.25. The Morgan fingerprint density at radius 1 is 1.10 bits per heavy atom. The number of hydrogen-bond acceptors (Lipinski definition) is 4. The van der Waals surface area contributed by atoms with Gasteiger partial charge in [-0.1, -0.05) is 25.1 Å². The first kappa shape index (κ1) is 12.7. The molecule has 0 aliphatic carbocycles. The van der Waals surface area contributed by atoms with Crippen LogP contribution in [0.25, 0.3) is 10.8 Å². The molecular formula is C16H17N3O. The molecule has 4 heteroatoms. The van der Waals surface area contributed by atoms with E-state index >= 15 is 0 Å². The van der Waals surface area contributed by atoms with Crippen LogP contribution in [0.4, 0.5) is 0 Å². The molecule has 2 N–H and O–H groups in total. The fraction of sp³-hybridized carbons (Fsp3) is 0.250. The van der Waals surface area contributed by atoms with Gasteiger partial charge >= 0.3 is 0 Å². The van der Waals surface area contributed by atoms with Gasteiger partial charge in [0, 0.05) is 12.3 Å². The molecule has 0 saturated heterocycles. The summed E-state index contributed by atoms with van der Waals surface area (Å²) in [4.78, 5) is 0. The summed E-state index contributed by atoms with van der Waals surface area (Å²) >= 11 is 0. The fourth-order valence-corrected chi connectivity index (χ4v) is 2.52. The fourth-order valence-electron chi connectivity index (χ4n) is 2.52. The quantitative estimate of drug-likeness (QED) is 0.909. The maximum atomic E-state index is 5.72. The second-order valence-electron chi connectivity index (χ2n) is 5.11. The van der Waals surface area contributed by atoms with Gasteiger partial charge in [-0.05, 0) is 34.5 Å². The molecule has 0 bridgehead atoms. The number of methoxy groups -OCH3 is 1. The van der Waals surface area contributed by atoms with E-state index in [0.717, 1.165) is 28.8 Å². The standard InChI is InChI=1S/C16H17N3O/c1-10-7-15(17)18-19-16(10)13-4-3-12-9-14(20-2)6-5-11(12)8-13/h3-6,8-10H,7H2,1-2H3,(H2,17,18). The monoisotopic (exact) mass is 267 g/mol. The van der Waals surface area contributed by atoms with Crippen molar-refractivity contribution in [2.45, 2.75) is 13.3 Å². The second-order valence-corrected chi connectivity index (χ2v) is 5.11. The highest BCUT2D eigenvalue weighted by Gasteiger charge is 2.18. The maximum Gasteiger partial charge on any atom is 0.123 e. The molecule has 1 heterocycles. The molecule has 2 aromatic rings. The highest BCUT2D eigenvalue weighted by molar-refractivity contribution is 6.07. The molecule has 0 spiro atoms. The van der Waals surface area contributed by atoms with E-state index in [-0.39, 0.29) is 0 Å². The Morgan fingerprint density at radius 2 is 1.85 bits per heavy atom. The van der Waals surface area contributed by atoms with Crippen molar-refractivity contribution in [3.8, 4) is 5.75 Å². The van der Waals surface area contributed by atoms with Crippen molar-refractivity contribution in [2.75, 3.05) is 7.11 Å². The first-order valence-electron chi connectivity index (χ1n) is 6.65. The summed E-state index contributed by atoms with van der Waals surface area (Å²) in [5.41, 5.74) is 7.82. The lowest BCUT2D eigenvalue weighted by atomic mass is 9.93. The maximum absolute atomic E-state index is 5.72. The van der Waals surface area contributed by atoms with Gasteiger partial charge in [-0.2, -0.15) is 5.10 Å². The summed E-state index contributed by atoms with van der Waals surface area (Å²) in [5, 5.41) is 10.6. The van der Waals surface area contributed by atoms with Crippen LogP contribution in [0.3, 0.4) is 0 Å². The largest absolute Gasteiger partial charge is 0.497 e. The van der Waals surface area contributed by atoms with Crippen molar-refractivity contribution < 1.29 is 4.74 Å². The smallest absolute Gasteiger partial charge is 0.123 e. The third-order valence-electron chi connectivity index (χ3n) is 3.61. The Balaban J connectivity index is 2.05. The number of hydrogen-bond donors (Lipinski definition) is 1. The summed E-state index contributed by atoms with van der Waals surface area (Å²) < 4.78 is 5.24. The molecule has 0 saturated carbocycles. The number of nitrogens with zero attached hydrogens (tertiary/aromatic N) is 2. The van der Waals surface area contributed by atoms with Crippen LogP contribution in [0.15, 0.2) is 46.6 Å². The van der Waals surface area contributed by atoms with Gasteiger partial charge in [-0.25, -0.2) is 0 Å². The van der Waals surface area contributed by atoms with Gasteiger partial charge in [0.15, 0.2) is 0 Å². The summed E-state index contributed by atoms with van der Waals surface area (Å²) in [7, 11) is 1.68. The Bertz CT molecular complexity index is 719. The molecule has 2 aromatic carbocycles. The molecular weight excluding hydrogens is 250 g/mol. The molecule has 0 fully saturated rings. The van der Waals surface area contributed by atoms with E-state index in [4.69, 9.17) is 10.5 Å². The SMILES string of the molecule is COc1ccc2cc(C3=NN=C(N)CC3C)ccc2c1. The first-order valence-corrected chi connectivity index (χ1v) is 6.65. The Kier molecular flexibility index (Phi) is 3.14. The van der Waals surface area contributed by atoms with Crippen LogP contribution in [-0.2, 0) is 0 Å². The summed E-state index contributed by atoms with van der Waals surface area (Å²) in [6.45, 7) is 2.12. The minimum Gasteiger partial charge on any atom is -0.497 e. The van der Waals surface area contributed by atoms with Gasteiger partial charge in [0.25, 0.3) is 0 Å². The van der Waals surface area contributed by atoms with Gasteiger partial charge in [0.2, 0.25) is 0 Å². The molecule has 1 unspecified atom stereocenters. The Morgan fingerprint density at radius 3 is 2.60 bits per heavy atom. The number of ether oxygens (including phenoxy) is 1. The van der Waals surface area contributed by atoms with E-state index in [1.54, 1.807) is 7.11 Å². The van der Waals surface area contributed by atoms with Gasteiger partial charge in [-0.15, -0.1) is 5.10 Å². The minimum atomic E-state index is 0.295. The average Bonchev–Trinajstić information content (AvgIpc) is 2.46. The van der Waals surface area contributed by atoms with E-state index < -0.39 is 0 Å². The normalized spacial score (nSPS) is 18.6. The van der Waals surface area contributed by atoms with Gasteiger partial charge in [0.05, 0.1) is 12.8 Å². The molecule has 0 radical (unpaired) electrons. The van der Waals surface area contributed by atoms with Crippen LogP contribution in [0, 0.1) is 5.92 Å². The molecule has 0 amide bonds. The summed E-state index contributed by atoms with van der Waals surface area (Å²) in [5.74, 6) is 1.76. The average molecular weight is 267 g/mol. The number of nitrogens with two attached hydrogens (primary N) is 1. The van der Waals surface area contributed by atoms with Crippen molar-refractivity contribution in [1.29, 1.82) is 0 Å². The van der Waals surface area contributed by atoms with E-state index in [9.17, 15) is 0 Å². The Hall–Kier alpha value is -2.36. The summed E-state index contributed by atoms with van der Waals surface area (Å²) in [6, 6.07) is 12.4. The number of fused-ring (bicyclic) bond motifs is 1. The van der Waals surface area contributed by atoms with Crippen molar-refractivity contribution in [3.05, 3.63) is 42.0 Å². The first-order chi connectivity index (χ1) is 9.67. The van der Waals surface area contributed by atoms with Crippen LogP contribution in [0.1, 0.15) is 18.9 Å². The predicted octanol–water partition coefficient (Wildman–Crippen LogP) is 2.95. The Labute approximate surface area is 118 Å². The predicted molar refractivity (Wildman–Crippen MR) is 82.4 cm³/mol. The van der Waals surface area contributed by atoms with Crippen molar-refractivity contribution >= 4 is 22.3 Å². The molecule has 1 aliphatic rings. The third-order valence-corrected chi connectivity index (χ3v) is 3.61. The number of amidine groups is 1.